The molecule has 3 rings (SSSR count). The van der Waals surface area contributed by atoms with E-state index in [9.17, 15) is 28.8 Å². The highest BCUT2D eigenvalue weighted by Gasteiger charge is 2.32. The van der Waals surface area contributed by atoms with E-state index in [4.69, 9.17) is 14.3 Å². The minimum atomic E-state index is -0.694. The summed E-state index contributed by atoms with van der Waals surface area (Å²) in [5, 5.41) is 3.03. The van der Waals surface area contributed by atoms with Crippen LogP contribution >= 0.6 is 0 Å². The van der Waals surface area contributed by atoms with E-state index in [1.807, 2.05) is 0 Å². The number of amides is 5. The van der Waals surface area contributed by atoms with Crippen LogP contribution in [0.4, 0.5) is 16.2 Å². The maximum atomic E-state index is 11.8. The van der Waals surface area contributed by atoms with Gasteiger partial charge >= 0.3 is 12.1 Å². The average Bonchev–Trinajstić information content (AvgIpc) is 3.31. The summed E-state index contributed by atoms with van der Waals surface area (Å²) in [6, 6.07) is 6.12. The fourth-order valence-electron chi connectivity index (χ4n) is 3.08. The van der Waals surface area contributed by atoms with E-state index >= 15 is 0 Å². The van der Waals surface area contributed by atoms with Crippen molar-refractivity contribution in [2.75, 3.05) is 30.0 Å². The van der Waals surface area contributed by atoms with Crippen molar-refractivity contribution in [3.05, 3.63) is 36.4 Å². The fourth-order valence-corrected chi connectivity index (χ4v) is 3.08. The first-order chi connectivity index (χ1) is 16.3. The Kier molecular flexibility index (Phi) is 8.46. The summed E-state index contributed by atoms with van der Waals surface area (Å²) in [5.41, 5.74) is 0.810. The molecule has 5 amide bonds. The van der Waals surface area contributed by atoms with Gasteiger partial charge in [-0.1, -0.05) is 0 Å². The van der Waals surface area contributed by atoms with Crippen LogP contribution in [0.5, 0.6) is 0 Å². The number of ether oxygens (including phenoxy) is 2. The van der Waals surface area contributed by atoms with Gasteiger partial charge in [-0.25, -0.2) is 14.5 Å². The summed E-state index contributed by atoms with van der Waals surface area (Å²) in [5.74, 6) is -2.56. The Labute approximate surface area is 194 Å². The largest absolute Gasteiger partial charge is 0.447 e. The number of hydrogen-bond acceptors (Lipinski definition) is 9. The second-order valence-electron chi connectivity index (χ2n) is 7.27. The zero-order chi connectivity index (χ0) is 24.5. The Morgan fingerprint density at radius 2 is 1.50 bits per heavy atom. The zero-order valence-corrected chi connectivity index (χ0v) is 18.2. The molecule has 1 saturated heterocycles. The first-order valence-corrected chi connectivity index (χ1v) is 10.6. The highest BCUT2D eigenvalue weighted by molar-refractivity contribution is 6.28. The number of anilines is 2. The Morgan fingerprint density at radius 1 is 0.853 bits per heavy atom. The standard InChI is InChI=1S/C22H23N3O9/c26-17-8-9-18(27)24(17)16-6-4-15(5-7-16)23-22(31)33-14-13-32-12-2-1-3-21(30)34-25-19(28)10-11-20(25)29/h4-9H,1-3,10-14H2,(H,23,31). The van der Waals surface area contributed by atoms with E-state index in [1.54, 1.807) is 0 Å². The first-order valence-electron chi connectivity index (χ1n) is 10.6. The van der Waals surface area contributed by atoms with Crippen molar-refractivity contribution in [2.45, 2.75) is 32.1 Å². The molecule has 0 bridgehead atoms. The van der Waals surface area contributed by atoms with Gasteiger partial charge in [-0.05, 0) is 37.1 Å². The van der Waals surface area contributed by atoms with Gasteiger partial charge in [0.05, 0.1) is 12.3 Å². The molecule has 1 N–H and O–H groups in total. The maximum absolute atomic E-state index is 11.8. The Bertz CT molecular complexity index is 969. The smallest absolute Gasteiger partial charge is 0.411 e. The molecule has 180 valence electrons. The van der Waals surface area contributed by atoms with Crippen molar-refractivity contribution in [1.29, 1.82) is 0 Å². The predicted molar refractivity (Wildman–Crippen MR) is 115 cm³/mol. The van der Waals surface area contributed by atoms with Crippen LogP contribution in [0.1, 0.15) is 32.1 Å². The minimum Gasteiger partial charge on any atom is -0.447 e. The maximum Gasteiger partial charge on any atom is 0.411 e. The zero-order valence-electron chi connectivity index (χ0n) is 18.2. The number of benzene rings is 1. The van der Waals surface area contributed by atoms with Crippen LogP contribution in [0.3, 0.4) is 0 Å². The summed E-state index contributed by atoms with van der Waals surface area (Å²) < 4.78 is 10.3. The lowest BCUT2D eigenvalue weighted by Crippen LogP contribution is -2.31. The quantitative estimate of drug-likeness (QED) is 0.372. The molecular weight excluding hydrogens is 450 g/mol. The van der Waals surface area contributed by atoms with Crippen LogP contribution in [-0.2, 0) is 38.3 Å². The molecule has 12 heteroatoms. The molecule has 12 nitrogen and oxygen atoms in total. The number of nitrogens with one attached hydrogen (secondary N) is 1. The van der Waals surface area contributed by atoms with Gasteiger partial charge in [-0.3, -0.25) is 24.5 Å². The molecule has 0 saturated carbocycles. The van der Waals surface area contributed by atoms with Gasteiger partial charge < -0.3 is 14.3 Å². The van der Waals surface area contributed by atoms with Gasteiger partial charge in [-0.2, -0.15) is 0 Å². The number of rotatable bonds is 11. The lowest BCUT2D eigenvalue weighted by molar-refractivity contribution is -0.197. The molecule has 34 heavy (non-hydrogen) atoms. The van der Waals surface area contributed by atoms with Crippen molar-refractivity contribution in [2.24, 2.45) is 0 Å². The van der Waals surface area contributed by atoms with Crippen molar-refractivity contribution in [3.8, 4) is 0 Å². The second-order valence-corrected chi connectivity index (χ2v) is 7.27. The van der Waals surface area contributed by atoms with Gasteiger partial charge in [0, 0.05) is 43.7 Å². The summed E-state index contributed by atoms with van der Waals surface area (Å²) in [4.78, 5) is 75.3. The SMILES string of the molecule is O=C(CCCCOCCOC(=O)Nc1ccc(N2C(=O)C=CC2=O)cc1)ON1C(=O)CCC1=O. The van der Waals surface area contributed by atoms with Crippen LogP contribution in [0.25, 0.3) is 0 Å². The van der Waals surface area contributed by atoms with Crippen LogP contribution in [0, 0.1) is 0 Å². The molecule has 0 aromatic heterocycles. The third-order valence-corrected chi connectivity index (χ3v) is 4.76. The molecule has 0 spiro atoms. The predicted octanol–water partition coefficient (Wildman–Crippen LogP) is 1.46. The van der Waals surface area contributed by atoms with E-state index in [0.29, 0.717) is 35.9 Å². The van der Waals surface area contributed by atoms with Crippen molar-refractivity contribution in [3.63, 3.8) is 0 Å². The molecule has 2 aliphatic heterocycles. The number of nitrogens with zero attached hydrogens (tertiary/aromatic N) is 2. The molecule has 0 atom stereocenters. The van der Waals surface area contributed by atoms with Crippen LogP contribution in [0.2, 0.25) is 0 Å². The summed E-state index contributed by atoms with van der Waals surface area (Å²) in [6.45, 7) is 0.484. The molecule has 2 aliphatic rings. The van der Waals surface area contributed by atoms with Gasteiger partial charge in [0.2, 0.25) is 0 Å². The third-order valence-electron chi connectivity index (χ3n) is 4.76. The molecule has 1 aromatic rings. The Hall–Kier alpha value is -4.06. The molecule has 1 aromatic carbocycles. The van der Waals surface area contributed by atoms with Crippen LogP contribution < -0.4 is 10.2 Å². The van der Waals surface area contributed by atoms with E-state index in [-0.39, 0.29) is 32.5 Å². The highest BCUT2D eigenvalue weighted by Crippen LogP contribution is 2.21. The topological polar surface area (TPSA) is 149 Å². The van der Waals surface area contributed by atoms with Crippen LogP contribution in [-0.4, -0.2) is 60.6 Å². The lowest BCUT2D eigenvalue weighted by Gasteiger charge is -2.14. The van der Waals surface area contributed by atoms with Crippen LogP contribution in [0.15, 0.2) is 36.4 Å². The van der Waals surface area contributed by atoms with E-state index in [2.05, 4.69) is 5.32 Å². The molecule has 0 unspecified atom stereocenters. The fraction of sp³-hybridized carbons (Fsp3) is 0.364. The van der Waals surface area contributed by atoms with Crippen molar-refractivity contribution >= 4 is 47.1 Å². The number of imide groups is 2. The minimum absolute atomic E-state index is 0.00753. The van der Waals surface area contributed by atoms with Crippen molar-refractivity contribution < 1.29 is 43.1 Å². The summed E-state index contributed by atoms with van der Waals surface area (Å²) >= 11 is 0. The number of unbranched alkanes of at least 4 members (excludes halogenated alkanes) is 1. The summed E-state index contributed by atoms with van der Waals surface area (Å²) in [7, 11) is 0. The second kappa shape index (κ2) is 11.7. The van der Waals surface area contributed by atoms with E-state index in [0.717, 1.165) is 4.90 Å². The van der Waals surface area contributed by atoms with E-state index in [1.165, 1.54) is 36.4 Å². The average molecular weight is 473 g/mol. The van der Waals surface area contributed by atoms with E-state index < -0.39 is 35.7 Å². The lowest BCUT2D eigenvalue weighted by atomic mass is 10.2. The summed E-state index contributed by atoms with van der Waals surface area (Å²) in [6.07, 6.45) is 2.79. The molecule has 2 heterocycles. The molecule has 1 fully saturated rings. The molecule has 0 aliphatic carbocycles. The van der Waals surface area contributed by atoms with Gasteiger partial charge in [0.25, 0.3) is 23.6 Å². The first kappa shape index (κ1) is 24.6. The van der Waals surface area contributed by atoms with Gasteiger partial charge in [0.15, 0.2) is 0 Å². The number of carbonyl (C=O) groups is 6. The van der Waals surface area contributed by atoms with Crippen molar-refractivity contribution in [1.82, 2.24) is 5.06 Å². The monoisotopic (exact) mass is 473 g/mol. The number of hydroxylamine groups is 2. The molecule has 0 radical (unpaired) electrons. The van der Waals surface area contributed by atoms with Gasteiger partial charge in [-0.15, -0.1) is 5.06 Å². The van der Waals surface area contributed by atoms with Gasteiger partial charge in [0.1, 0.15) is 6.61 Å². The Morgan fingerprint density at radius 3 is 2.15 bits per heavy atom. The number of hydrogen-bond donors (Lipinski definition) is 1. The normalized spacial score (nSPS) is 15.3. The Balaban J connectivity index is 1.22. The third kappa shape index (κ3) is 6.72. The number of carbonyl (C=O) groups excluding carboxylic acids is 6. The highest BCUT2D eigenvalue weighted by atomic mass is 16.7. The molecular formula is C22H23N3O9.